The van der Waals surface area contributed by atoms with E-state index in [-0.39, 0.29) is 6.10 Å². The van der Waals surface area contributed by atoms with Gasteiger partial charge in [0.15, 0.2) is 0 Å². The van der Waals surface area contributed by atoms with Gasteiger partial charge < -0.3 is 9.30 Å². The van der Waals surface area contributed by atoms with Gasteiger partial charge in [0, 0.05) is 29.1 Å². The predicted molar refractivity (Wildman–Crippen MR) is 103 cm³/mol. The average molecular weight is 367 g/mol. The molecule has 3 heterocycles. The molecule has 0 amide bonds. The van der Waals surface area contributed by atoms with Crippen molar-refractivity contribution in [2.24, 2.45) is 0 Å². The Hall–Kier alpha value is -2.28. The molecule has 0 saturated carbocycles. The molecular formula is C19H17N3OS2. The summed E-state index contributed by atoms with van der Waals surface area (Å²) in [6, 6.07) is 14.4. The Kier molecular flexibility index (Phi) is 4.74. The van der Waals surface area contributed by atoms with Gasteiger partial charge in [0.05, 0.1) is 18.6 Å². The second kappa shape index (κ2) is 7.31. The van der Waals surface area contributed by atoms with Crippen LogP contribution in [-0.4, -0.2) is 21.6 Å². The third kappa shape index (κ3) is 3.28. The molecule has 0 spiro atoms. The molecule has 0 radical (unpaired) electrons. The van der Waals surface area contributed by atoms with Crippen molar-refractivity contribution in [2.45, 2.75) is 12.6 Å². The van der Waals surface area contributed by atoms with Gasteiger partial charge in [0.1, 0.15) is 16.8 Å². The molecule has 6 heteroatoms. The first-order valence-electron chi connectivity index (χ1n) is 7.93. The van der Waals surface area contributed by atoms with Crippen molar-refractivity contribution in [3.05, 3.63) is 70.6 Å². The Balaban J connectivity index is 1.77. The van der Waals surface area contributed by atoms with E-state index >= 15 is 0 Å². The molecule has 0 N–H and O–H groups in total. The second-order valence-electron chi connectivity index (χ2n) is 5.54. The van der Waals surface area contributed by atoms with E-state index < -0.39 is 0 Å². The van der Waals surface area contributed by atoms with Crippen LogP contribution >= 0.6 is 22.7 Å². The van der Waals surface area contributed by atoms with Gasteiger partial charge in [-0.15, -0.1) is 22.7 Å². The quantitative estimate of drug-likeness (QED) is 0.475. The number of methoxy groups -OCH3 is 1. The van der Waals surface area contributed by atoms with Crippen LogP contribution in [0.2, 0.25) is 0 Å². The van der Waals surface area contributed by atoms with Crippen molar-refractivity contribution in [1.29, 1.82) is 0 Å². The van der Waals surface area contributed by atoms with Crippen LogP contribution in [0.25, 0.3) is 22.0 Å². The van der Waals surface area contributed by atoms with Crippen molar-refractivity contribution in [3.8, 4) is 22.0 Å². The number of benzene rings is 1. The van der Waals surface area contributed by atoms with E-state index in [4.69, 9.17) is 4.74 Å². The minimum Gasteiger partial charge on any atom is -0.374 e. The number of aromatic nitrogens is 3. The molecule has 126 valence electrons. The Morgan fingerprint density at radius 3 is 2.60 bits per heavy atom. The van der Waals surface area contributed by atoms with Gasteiger partial charge in [-0.1, -0.05) is 36.4 Å². The molecular weight excluding hydrogens is 350 g/mol. The highest BCUT2D eigenvalue weighted by atomic mass is 32.1. The molecule has 1 aromatic carbocycles. The highest BCUT2D eigenvalue weighted by molar-refractivity contribution is 7.13. The van der Waals surface area contributed by atoms with Crippen LogP contribution in [0.5, 0.6) is 0 Å². The molecule has 4 aromatic rings. The van der Waals surface area contributed by atoms with Crippen LogP contribution < -0.4 is 0 Å². The fourth-order valence-electron chi connectivity index (χ4n) is 2.83. The van der Waals surface area contributed by atoms with E-state index in [0.717, 1.165) is 22.0 Å². The van der Waals surface area contributed by atoms with Crippen LogP contribution in [0.4, 0.5) is 0 Å². The molecule has 0 fully saturated rings. The highest BCUT2D eigenvalue weighted by Crippen LogP contribution is 2.34. The Labute approximate surface area is 154 Å². The van der Waals surface area contributed by atoms with Gasteiger partial charge >= 0.3 is 0 Å². The van der Waals surface area contributed by atoms with Gasteiger partial charge in [-0.2, -0.15) is 0 Å². The van der Waals surface area contributed by atoms with Crippen molar-refractivity contribution in [1.82, 2.24) is 14.5 Å². The first-order valence-corrected chi connectivity index (χ1v) is 9.69. The summed E-state index contributed by atoms with van der Waals surface area (Å²) in [6.45, 7) is 0.700. The topological polar surface area (TPSA) is 39.9 Å². The summed E-state index contributed by atoms with van der Waals surface area (Å²) in [5.74, 6) is 0. The van der Waals surface area contributed by atoms with Crippen molar-refractivity contribution in [3.63, 3.8) is 0 Å². The summed E-state index contributed by atoms with van der Waals surface area (Å²) in [7, 11) is 1.75. The number of hydrogen-bond donors (Lipinski definition) is 0. The fourth-order valence-corrected chi connectivity index (χ4v) is 4.32. The van der Waals surface area contributed by atoms with E-state index in [0.29, 0.717) is 6.54 Å². The zero-order valence-electron chi connectivity index (χ0n) is 13.7. The van der Waals surface area contributed by atoms with Gasteiger partial charge in [-0.25, -0.2) is 9.97 Å². The summed E-state index contributed by atoms with van der Waals surface area (Å²) >= 11 is 3.34. The van der Waals surface area contributed by atoms with E-state index in [1.807, 2.05) is 36.1 Å². The maximum absolute atomic E-state index is 5.73. The maximum atomic E-state index is 5.73. The fraction of sp³-hybridized carbons (Fsp3) is 0.158. The molecule has 0 aliphatic carbocycles. The number of thiophene rings is 1. The number of ether oxygens (including phenoxy) is 1. The van der Waals surface area contributed by atoms with Crippen LogP contribution in [0, 0.1) is 0 Å². The summed E-state index contributed by atoms with van der Waals surface area (Å²) in [5, 5.41) is 5.04. The smallest absolute Gasteiger partial charge is 0.142 e. The van der Waals surface area contributed by atoms with Crippen molar-refractivity contribution in [2.75, 3.05) is 7.11 Å². The lowest BCUT2D eigenvalue weighted by Gasteiger charge is -2.16. The normalized spacial score (nSPS) is 12.4. The standard InChI is InChI=1S/C19H17N3OS2/c1-23-15(16-8-5-10-24-16)12-22-13-21-17(14-6-3-2-4-7-14)18(22)19-20-9-11-25-19/h2-11,13,15H,12H2,1H3/t15-/m1/s1. The molecule has 0 aliphatic rings. The number of rotatable bonds is 6. The number of imidazole rings is 1. The highest BCUT2D eigenvalue weighted by Gasteiger charge is 2.20. The van der Waals surface area contributed by atoms with E-state index in [9.17, 15) is 0 Å². The molecule has 0 aliphatic heterocycles. The van der Waals surface area contributed by atoms with Gasteiger partial charge in [-0.3, -0.25) is 0 Å². The number of thiazole rings is 1. The first-order chi connectivity index (χ1) is 12.4. The molecule has 25 heavy (non-hydrogen) atoms. The van der Waals surface area contributed by atoms with Gasteiger partial charge in [0.25, 0.3) is 0 Å². The predicted octanol–water partition coefficient (Wildman–Crippen LogP) is 5.12. The van der Waals surface area contributed by atoms with Gasteiger partial charge in [0.2, 0.25) is 0 Å². The zero-order valence-corrected chi connectivity index (χ0v) is 15.3. The third-order valence-electron chi connectivity index (χ3n) is 4.03. The number of nitrogens with zero attached hydrogens (tertiary/aromatic N) is 3. The molecule has 0 unspecified atom stereocenters. The first kappa shape index (κ1) is 16.2. The molecule has 0 bridgehead atoms. The van der Waals surface area contributed by atoms with Crippen LogP contribution in [-0.2, 0) is 11.3 Å². The lowest BCUT2D eigenvalue weighted by molar-refractivity contribution is 0.0911. The summed E-state index contributed by atoms with van der Waals surface area (Å²) in [6.07, 6.45) is 3.72. The van der Waals surface area contributed by atoms with E-state index in [1.54, 1.807) is 29.8 Å². The molecule has 4 rings (SSSR count). The zero-order chi connectivity index (χ0) is 17.1. The molecule has 4 nitrogen and oxygen atoms in total. The lowest BCUT2D eigenvalue weighted by atomic mass is 10.1. The minimum atomic E-state index is -0.00321. The van der Waals surface area contributed by atoms with E-state index in [1.165, 1.54) is 4.88 Å². The summed E-state index contributed by atoms with van der Waals surface area (Å²) in [4.78, 5) is 10.4. The number of hydrogen-bond acceptors (Lipinski definition) is 5. The average Bonchev–Trinajstić information content (AvgIpc) is 3.41. The Morgan fingerprint density at radius 1 is 1.04 bits per heavy atom. The Morgan fingerprint density at radius 2 is 1.92 bits per heavy atom. The molecule has 0 saturated heterocycles. The monoisotopic (exact) mass is 367 g/mol. The second-order valence-corrected chi connectivity index (χ2v) is 7.41. The van der Waals surface area contributed by atoms with Crippen LogP contribution in [0.3, 0.4) is 0 Å². The maximum Gasteiger partial charge on any atom is 0.142 e. The summed E-state index contributed by atoms with van der Waals surface area (Å²) in [5.41, 5.74) is 3.09. The van der Waals surface area contributed by atoms with Crippen molar-refractivity contribution >= 4 is 22.7 Å². The van der Waals surface area contributed by atoms with Gasteiger partial charge in [-0.05, 0) is 11.4 Å². The lowest BCUT2D eigenvalue weighted by Crippen LogP contribution is -2.10. The SMILES string of the molecule is CO[C@H](Cn1cnc(-c2ccccc2)c1-c1nccs1)c1cccs1. The Bertz CT molecular complexity index is 915. The van der Waals surface area contributed by atoms with Crippen LogP contribution in [0.15, 0.2) is 65.7 Å². The minimum absolute atomic E-state index is 0.00321. The summed E-state index contributed by atoms with van der Waals surface area (Å²) < 4.78 is 7.88. The van der Waals surface area contributed by atoms with Crippen molar-refractivity contribution < 1.29 is 4.74 Å². The third-order valence-corrected chi connectivity index (χ3v) is 5.77. The molecule has 3 aromatic heterocycles. The largest absolute Gasteiger partial charge is 0.374 e. The van der Waals surface area contributed by atoms with E-state index in [2.05, 4.69) is 44.2 Å². The van der Waals surface area contributed by atoms with Crippen LogP contribution in [0.1, 0.15) is 11.0 Å². The molecule has 1 atom stereocenters.